The third kappa shape index (κ3) is 42.6. The van der Waals surface area contributed by atoms with E-state index in [-0.39, 0.29) is 88.5 Å². The first-order valence-electron chi connectivity index (χ1n) is 39.8. The Morgan fingerprint density at radius 3 is 1.46 bits per heavy atom. The van der Waals surface area contributed by atoms with Gasteiger partial charge in [-0.05, 0) is 132 Å². The highest BCUT2D eigenvalue weighted by atomic mass is 32.1. The molecule has 108 heavy (non-hydrogen) atoms. The number of ketones is 7. The summed E-state index contributed by atoms with van der Waals surface area (Å²) in [6.45, 7) is 58.9. The molecule has 6 aromatic rings. The van der Waals surface area contributed by atoms with Gasteiger partial charge in [-0.2, -0.15) is 0 Å². The lowest BCUT2D eigenvalue weighted by molar-refractivity contribution is -0.127. The molecular formula is C89H142N8O8S3. The van der Waals surface area contributed by atoms with Crippen LogP contribution in [-0.4, -0.2) is 90.7 Å². The zero-order chi connectivity index (χ0) is 82.2. The molecule has 0 spiro atoms. The minimum atomic E-state index is -0.143. The zero-order valence-corrected chi connectivity index (χ0v) is 74.0. The van der Waals surface area contributed by atoms with Gasteiger partial charge in [0.2, 0.25) is 0 Å². The molecule has 4 N–H and O–H groups in total. The van der Waals surface area contributed by atoms with E-state index in [1.54, 1.807) is 35.9 Å². The molecule has 0 unspecified atom stereocenters. The summed E-state index contributed by atoms with van der Waals surface area (Å²) in [5.74, 6) is 5.21. The van der Waals surface area contributed by atoms with E-state index in [0.717, 1.165) is 83.6 Å². The second-order valence-electron chi connectivity index (χ2n) is 33.3. The van der Waals surface area contributed by atoms with Crippen molar-refractivity contribution in [2.75, 3.05) is 17.2 Å². The number of thiazole rings is 3. The van der Waals surface area contributed by atoms with Gasteiger partial charge in [-0.1, -0.05) is 226 Å². The lowest BCUT2D eigenvalue weighted by Crippen LogP contribution is -2.33. The average Bonchev–Trinajstić information content (AvgIpc) is 1.33. The number of hydrogen-bond donors (Lipinski definition) is 4. The molecule has 0 radical (unpaired) electrons. The summed E-state index contributed by atoms with van der Waals surface area (Å²) in [7, 11) is 0. The SMILES string of the molecule is CC(C)Cc1cccc(CC(=O)C(C)C)c1.CC(C)Cc1csc(C(=O)C(C)C)n1.CC(C)Cc1csc(CC(=O)C(C)C)n1.CC(C)NCC1CCC(C(=O)C(C)C)CC1.CC(C)NCc1ccc(C(=O)C(C)C)cc1.CC(C)Nc1cccn(CC(=O)C(C)C)c1=O.CC(C)Nc1cnc(C(=O)C(C)C)s1. The fourth-order valence-electron chi connectivity index (χ4n) is 10.6. The summed E-state index contributed by atoms with van der Waals surface area (Å²) in [5, 5.41) is 20.4. The molecule has 0 atom stereocenters. The number of aromatic nitrogens is 4. The molecule has 4 heterocycles. The van der Waals surface area contributed by atoms with Crippen molar-refractivity contribution in [3.8, 4) is 0 Å². The van der Waals surface area contributed by atoms with Crippen molar-refractivity contribution in [3.05, 3.63) is 143 Å². The number of anilines is 2. The van der Waals surface area contributed by atoms with Crippen molar-refractivity contribution < 1.29 is 33.6 Å². The molecule has 0 saturated heterocycles. The van der Waals surface area contributed by atoms with Gasteiger partial charge in [-0.3, -0.25) is 38.4 Å². The number of hydrogen-bond acceptors (Lipinski definition) is 18. The molecule has 19 heteroatoms. The van der Waals surface area contributed by atoms with Crippen molar-refractivity contribution in [1.82, 2.24) is 30.2 Å². The molecule has 4 aromatic heterocycles. The van der Waals surface area contributed by atoms with Crippen LogP contribution in [0, 0.1) is 71.0 Å². The smallest absolute Gasteiger partial charge is 0.274 e. The van der Waals surface area contributed by atoms with Crippen molar-refractivity contribution >= 4 is 85.2 Å². The summed E-state index contributed by atoms with van der Waals surface area (Å²) in [6, 6.07) is 21.4. The first-order chi connectivity index (χ1) is 50.4. The molecule has 2 aromatic carbocycles. The number of nitrogens with zero attached hydrogens (tertiary/aromatic N) is 4. The van der Waals surface area contributed by atoms with Gasteiger partial charge in [0.25, 0.3) is 5.56 Å². The summed E-state index contributed by atoms with van der Waals surface area (Å²) >= 11 is 4.50. The number of carbonyl (C=O) groups is 7. The second-order valence-corrected chi connectivity index (χ2v) is 36.1. The topological polar surface area (TPSA) is 228 Å². The highest BCUT2D eigenvalue weighted by molar-refractivity contribution is 7.17. The molecule has 0 amide bonds. The highest BCUT2D eigenvalue weighted by Crippen LogP contribution is 2.31. The maximum atomic E-state index is 12.0. The Hall–Kier alpha value is -6.51. The van der Waals surface area contributed by atoms with Crippen LogP contribution >= 0.6 is 34.0 Å². The quantitative estimate of drug-likeness (QED) is 0.0281. The van der Waals surface area contributed by atoms with Crippen LogP contribution in [0.2, 0.25) is 0 Å². The van der Waals surface area contributed by atoms with E-state index in [2.05, 4.69) is 143 Å². The van der Waals surface area contributed by atoms with E-state index in [4.69, 9.17) is 0 Å². The number of rotatable bonds is 33. The molecule has 7 rings (SSSR count). The summed E-state index contributed by atoms with van der Waals surface area (Å²) in [4.78, 5) is 106. The van der Waals surface area contributed by atoms with Gasteiger partial charge in [-0.15, -0.1) is 22.7 Å². The van der Waals surface area contributed by atoms with Crippen LogP contribution in [0.25, 0.3) is 0 Å². The lowest BCUT2D eigenvalue weighted by atomic mass is 9.78. The van der Waals surface area contributed by atoms with Crippen LogP contribution in [0.1, 0.15) is 283 Å². The molecule has 1 aliphatic carbocycles. The molecule has 1 fully saturated rings. The Balaban J connectivity index is 0.000000631. The Labute approximate surface area is 664 Å². The maximum absolute atomic E-state index is 12.0. The van der Waals surface area contributed by atoms with Crippen LogP contribution in [0.5, 0.6) is 0 Å². The van der Waals surface area contributed by atoms with E-state index in [0.29, 0.717) is 81.9 Å². The number of nitrogens with one attached hydrogen (secondary N) is 4. The number of Topliss-reactive ketones (excluding diaryl/α,β-unsaturated/α-hetero) is 7. The molecule has 1 saturated carbocycles. The Kier molecular flexibility index (Phi) is 48.5. The van der Waals surface area contributed by atoms with Crippen LogP contribution < -0.4 is 26.8 Å². The van der Waals surface area contributed by atoms with Gasteiger partial charge in [0.15, 0.2) is 33.1 Å². The van der Waals surface area contributed by atoms with Gasteiger partial charge in [0, 0.05) is 107 Å². The van der Waals surface area contributed by atoms with Crippen LogP contribution in [0.15, 0.2) is 88.6 Å². The van der Waals surface area contributed by atoms with Gasteiger partial charge < -0.3 is 25.8 Å². The standard InChI is InChI=1S/C15H22O.C14H27NO.C14H21NO.C13H20N2O2.C12H19NOS.C11H17NOS.C10H16N2OS/c1-11(2)8-13-6-5-7-14(9-13)10-15(16)12(3)4;2*1-10(2)14(16)13-7-5-12(6-8-13)9-15-11(3)4;1-9(2)12(16)8-15-7-5-6-11(13(15)17)14-10(3)4;1-8(2)5-10-7-15-12(13-10)6-11(14)9(3)4;1-7(2)5-9-6-14-11(12-9)10(13)8(3)4;1-6(2)9(13)10-11-5-8(14-10)12-7(3)4/h5-7,9,11-12H,8,10H2,1-4H3;10-13,15H,5-9H2,1-4H3;5-8,10-11,15H,9H2,1-4H3;5-7,9-10,14H,8H2,1-4H3;7-9H,5-6H2,1-4H3;6-8H,5H2,1-4H3;5-7,12H,1-4H3. The van der Waals surface area contributed by atoms with Crippen LogP contribution in [-0.2, 0) is 64.4 Å². The fourth-order valence-corrected chi connectivity index (χ4v) is 13.4. The van der Waals surface area contributed by atoms with Gasteiger partial charge in [0.05, 0.1) is 30.6 Å². The zero-order valence-electron chi connectivity index (χ0n) is 71.6. The van der Waals surface area contributed by atoms with Crippen LogP contribution in [0.3, 0.4) is 0 Å². The highest BCUT2D eigenvalue weighted by Gasteiger charge is 2.28. The molecule has 0 aliphatic heterocycles. The molecule has 0 bridgehead atoms. The normalized spacial score (nSPS) is 13.4. The van der Waals surface area contributed by atoms with Crippen LogP contribution in [0.4, 0.5) is 10.7 Å². The monoisotopic (exact) mass is 1550 g/mol. The van der Waals surface area contributed by atoms with Crippen molar-refractivity contribution in [2.24, 2.45) is 71.0 Å². The molecule has 1 aliphatic rings. The maximum Gasteiger partial charge on any atom is 0.274 e. The number of benzene rings is 2. The predicted octanol–water partition coefficient (Wildman–Crippen LogP) is 20.7. The first-order valence-corrected chi connectivity index (χ1v) is 42.4. The summed E-state index contributed by atoms with van der Waals surface area (Å²) < 4.78 is 1.45. The van der Waals surface area contributed by atoms with E-state index in [1.807, 2.05) is 146 Å². The minimum absolute atomic E-state index is 0.0213. The largest absolute Gasteiger partial charge is 0.378 e. The van der Waals surface area contributed by atoms with E-state index in [1.165, 1.54) is 51.2 Å². The van der Waals surface area contributed by atoms with E-state index >= 15 is 0 Å². The summed E-state index contributed by atoms with van der Waals surface area (Å²) in [6.07, 6.45) is 12.2. The minimum Gasteiger partial charge on any atom is -0.378 e. The van der Waals surface area contributed by atoms with Crippen molar-refractivity contribution in [2.45, 2.75) is 289 Å². The third-order valence-corrected chi connectivity index (χ3v) is 19.7. The number of pyridine rings is 1. The Bertz CT molecular complexity index is 3570. The average molecular weight is 1550 g/mol. The Morgan fingerprint density at radius 2 is 0.972 bits per heavy atom. The predicted molar refractivity (Wildman–Crippen MR) is 458 cm³/mol. The van der Waals surface area contributed by atoms with Gasteiger partial charge >= 0.3 is 0 Å². The van der Waals surface area contributed by atoms with Gasteiger partial charge in [0.1, 0.15) is 33.0 Å². The molecular weight excluding hydrogens is 1410 g/mol. The van der Waals surface area contributed by atoms with Crippen molar-refractivity contribution in [1.29, 1.82) is 0 Å². The van der Waals surface area contributed by atoms with E-state index < -0.39 is 0 Å². The second kappa shape index (κ2) is 52.6. The van der Waals surface area contributed by atoms with Gasteiger partial charge in [-0.25, -0.2) is 15.0 Å². The number of carbonyl (C=O) groups excluding carboxylic acids is 7. The Morgan fingerprint density at radius 1 is 0.472 bits per heavy atom. The van der Waals surface area contributed by atoms with E-state index in [9.17, 15) is 38.4 Å². The summed E-state index contributed by atoms with van der Waals surface area (Å²) in [5.41, 5.74) is 7.09. The lowest BCUT2D eigenvalue weighted by Gasteiger charge is -2.29. The molecule has 604 valence electrons. The first kappa shape index (κ1) is 99.5. The van der Waals surface area contributed by atoms with Crippen molar-refractivity contribution in [3.63, 3.8) is 0 Å². The third-order valence-electron chi connectivity index (χ3n) is 17.0. The fraction of sp³-hybridized carbons (Fsp3) is 0.629. The molecule has 16 nitrogen and oxygen atoms in total.